The summed E-state index contributed by atoms with van der Waals surface area (Å²) in [5.74, 6) is 1.67. The number of nitrogens with one attached hydrogen (secondary N) is 2. The van der Waals surface area contributed by atoms with Crippen LogP contribution in [0.1, 0.15) is 30.4 Å². The van der Waals surface area contributed by atoms with Crippen molar-refractivity contribution in [2.75, 3.05) is 20.2 Å². The van der Waals surface area contributed by atoms with Crippen LogP contribution in [0.15, 0.2) is 18.2 Å². The van der Waals surface area contributed by atoms with Crippen LogP contribution in [0.4, 0.5) is 0 Å². The Morgan fingerprint density at radius 3 is 2.95 bits per heavy atom. The zero-order valence-corrected chi connectivity index (χ0v) is 13.6. The second-order valence-electron chi connectivity index (χ2n) is 5.48. The minimum atomic E-state index is 0. The lowest BCUT2D eigenvalue weighted by molar-refractivity contribution is -0.121. The molecule has 21 heavy (non-hydrogen) atoms. The van der Waals surface area contributed by atoms with Gasteiger partial charge in [-0.3, -0.25) is 4.79 Å². The predicted octanol–water partition coefficient (Wildman–Crippen LogP) is 2.43. The summed E-state index contributed by atoms with van der Waals surface area (Å²) in [4.78, 5) is 11.8. The van der Waals surface area contributed by atoms with Crippen molar-refractivity contribution in [3.63, 3.8) is 0 Å². The number of hydrogen-bond acceptors (Lipinski definition) is 3. The fraction of sp³-hybridized carbons (Fsp3) is 0.562. The molecule has 0 spiro atoms. The average molecular weight is 313 g/mol. The first-order valence-electron chi connectivity index (χ1n) is 7.30. The molecule has 0 aliphatic carbocycles. The van der Waals surface area contributed by atoms with Gasteiger partial charge in [-0.2, -0.15) is 0 Å². The average Bonchev–Trinajstić information content (AvgIpc) is 2.97. The zero-order valence-electron chi connectivity index (χ0n) is 12.8. The van der Waals surface area contributed by atoms with Gasteiger partial charge in [-0.1, -0.05) is 12.1 Å². The third-order valence-corrected chi connectivity index (χ3v) is 3.90. The van der Waals surface area contributed by atoms with E-state index in [9.17, 15) is 4.79 Å². The Kier molecular flexibility index (Phi) is 7.54. The number of carbonyl (C=O) groups excluding carboxylic acids is 1. The molecule has 5 heteroatoms. The number of halogens is 1. The van der Waals surface area contributed by atoms with E-state index in [2.05, 4.69) is 10.6 Å². The minimum absolute atomic E-state index is 0. The fourth-order valence-electron chi connectivity index (χ4n) is 2.56. The number of ether oxygens (including phenoxy) is 1. The van der Waals surface area contributed by atoms with Crippen LogP contribution in [0.3, 0.4) is 0 Å². The van der Waals surface area contributed by atoms with E-state index < -0.39 is 0 Å². The molecule has 0 aromatic heterocycles. The number of methoxy groups -OCH3 is 1. The van der Waals surface area contributed by atoms with Crippen molar-refractivity contribution < 1.29 is 9.53 Å². The van der Waals surface area contributed by atoms with E-state index in [0.29, 0.717) is 18.9 Å². The predicted molar refractivity (Wildman–Crippen MR) is 87.0 cm³/mol. The van der Waals surface area contributed by atoms with E-state index in [1.165, 1.54) is 6.42 Å². The standard InChI is InChI=1S/C16H24N2O2.ClH/c1-12-3-4-14(9-15(12)20-2)11-18-16(19)6-5-13-7-8-17-10-13;/h3-4,9,13,17H,5-8,10-11H2,1-2H3,(H,18,19);1H. The molecule has 1 fully saturated rings. The molecule has 1 aliphatic heterocycles. The molecule has 0 bridgehead atoms. The van der Waals surface area contributed by atoms with Crippen molar-refractivity contribution in [1.29, 1.82) is 0 Å². The molecule has 1 aromatic carbocycles. The molecular weight excluding hydrogens is 288 g/mol. The topological polar surface area (TPSA) is 50.4 Å². The summed E-state index contributed by atoms with van der Waals surface area (Å²) in [6, 6.07) is 6.03. The monoisotopic (exact) mass is 312 g/mol. The number of benzene rings is 1. The zero-order chi connectivity index (χ0) is 14.4. The van der Waals surface area contributed by atoms with Crippen LogP contribution in [0.2, 0.25) is 0 Å². The van der Waals surface area contributed by atoms with Gasteiger partial charge < -0.3 is 15.4 Å². The Balaban J connectivity index is 0.00000220. The van der Waals surface area contributed by atoms with Crippen molar-refractivity contribution in [3.05, 3.63) is 29.3 Å². The van der Waals surface area contributed by atoms with Crippen LogP contribution < -0.4 is 15.4 Å². The van der Waals surface area contributed by atoms with E-state index in [1.54, 1.807) is 7.11 Å². The summed E-state index contributed by atoms with van der Waals surface area (Å²) in [7, 11) is 1.67. The lowest BCUT2D eigenvalue weighted by Crippen LogP contribution is -2.23. The molecule has 4 nitrogen and oxygen atoms in total. The summed E-state index contributed by atoms with van der Waals surface area (Å²) >= 11 is 0. The molecule has 2 rings (SSSR count). The first-order chi connectivity index (χ1) is 9.69. The van der Waals surface area contributed by atoms with Crippen molar-refractivity contribution in [2.45, 2.75) is 32.7 Å². The lowest BCUT2D eigenvalue weighted by Gasteiger charge is -2.10. The second kappa shape index (κ2) is 8.90. The summed E-state index contributed by atoms with van der Waals surface area (Å²) in [6.45, 7) is 4.73. The Bertz CT molecular complexity index is 460. The summed E-state index contributed by atoms with van der Waals surface area (Å²) in [6.07, 6.45) is 2.80. The van der Waals surface area contributed by atoms with Gasteiger partial charge in [-0.25, -0.2) is 0 Å². The Morgan fingerprint density at radius 2 is 2.29 bits per heavy atom. The highest BCUT2D eigenvalue weighted by Gasteiger charge is 2.15. The molecular formula is C16H25ClN2O2. The molecule has 1 aliphatic rings. The highest BCUT2D eigenvalue weighted by atomic mass is 35.5. The molecule has 2 N–H and O–H groups in total. The summed E-state index contributed by atoms with van der Waals surface area (Å²) < 4.78 is 5.29. The fourth-order valence-corrected chi connectivity index (χ4v) is 2.56. The smallest absolute Gasteiger partial charge is 0.220 e. The van der Waals surface area contributed by atoms with Gasteiger partial charge in [0.15, 0.2) is 0 Å². The quantitative estimate of drug-likeness (QED) is 0.848. The van der Waals surface area contributed by atoms with E-state index in [-0.39, 0.29) is 18.3 Å². The number of rotatable bonds is 6. The van der Waals surface area contributed by atoms with Gasteiger partial charge in [0, 0.05) is 13.0 Å². The maximum absolute atomic E-state index is 11.8. The number of carbonyl (C=O) groups is 1. The number of hydrogen-bond donors (Lipinski definition) is 2. The van der Waals surface area contributed by atoms with Gasteiger partial charge in [0.25, 0.3) is 0 Å². The van der Waals surface area contributed by atoms with Crippen LogP contribution in [-0.4, -0.2) is 26.1 Å². The second-order valence-corrected chi connectivity index (χ2v) is 5.48. The molecule has 1 amide bonds. The number of amides is 1. The van der Waals surface area contributed by atoms with E-state index in [0.717, 1.165) is 36.4 Å². The highest BCUT2D eigenvalue weighted by Crippen LogP contribution is 2.19. The van der Waals surface area contributed by atoms with Crippen LogP contribution in [0.5, 0.6) is 5.75 Å². The van der Waals surface area contributed by atoms with Gasteiger partial charge in [0.1, 0.15) is 5.75 Å². The van der Waals surface area contributed by atoms with Crippen molar-refractivity contribution >= 4 is 18.3 Å². The minimum Gasteiger partial charge on any atom is -0.496 e. The van der Waals surface area contributed by atoms with E-state index in [1.807, 2.05) is 25.1 Å². The van der Waals surface area contributed by atoms with Gasteiger partial charge in [0.2, 0.25) is 5.91 Å². The van der Waals surface area contributed by atoms with Crippen molar-refractivity contribution in [2.24, 2.45) is 5.92 Å². The third-order valence-electron chi connectivity index (χ3n) is 3.90. The molecule has 1 unspecified atom stereocenters. The SMILES string of the molecule is COc1cc(CNC(=O)CCC2CCNC2)ccc1C.Cl. The summed E-state index contributed by atoms with van der Waals surface area (Å²) in [5, 5.41) is 6.31. The Morgan fingerprint density at radius 1 is 1.48 bits per heavy atom. The normalized spacial score (nSPS) is 17.1. The van der Waals surface area contributed by atoms with Crippen molar-refractivity contribution in [1.82, 2.24) is 10.6 Å². The molecule has 1 aromatic rings. The molecule has 0 radical (unpaired) electrons. The highest BCUT2D eigenvalue weighted by molar-refractivity contribution is 5.85. The van der Waals surface area contributed by atoms with Crippen LogP contribution in [-0.2, 0) is 11.3 Å². The van der Waals surface area contributed by atoms with Gasteiger partial charge in [0.05, 0.1) is 7.11 Å². The summed E-state index contributed by atoms with van der Waals surface area (Å²) in [5.41, 5.74) is 2.18. The molecule has 0 saturated carbocycles. The first-order valence-corrected chi connectivity index (χ1v) is 7.30. The van der Waals surface area contributed by atoms with Crippen LogP contribution in [0, 0.1) is 12.8 Å². The largest absolute Gasteiger partial charge is 0.496 e. The lowest BCUT2D eigenvalue weighted by atomic mass is 10.0. The maximum Gasteiger partial charge on any atom is 0.220 e. The molecule has 1 saturated heterocycles. The maximum atomic E-state index is 11.8. The molecule has 1 heterocycles. The molecule has 1 atom stereocenters. The number of aryl methyl sites for hydroxylation is 1. The Labute approximate surface area is 133 Å². The van der Waals surface area contributed by atoms with E-state index >= 15 is 0 Å². The Hall–Kier alpha value is -1.26. The van der Waals surface area contributed by atoms with Gasteiger partial charge in [-0.05, 0) is 56.0 Å². The third kappa shape index (κ3) is 5.56. The first kappa shape index (κ1) is 17.8. The van der Waals surface area contributed by atoms with Crippen molar-refractivity contribution in [3.8, 4) is 5.75 Å². The van der Waals surface area contributed by atoms with Gasteiger partial charge >= 0.3 is 0 Å². The van der Waals surface area contributed by atoms with Crippen LogP contribution >= 0.6 is 12.4 Å². The molecule has 118 valence electrons. The van der Waals surface area contributed by atoms with Gasteiger partial charge in [-0.15, -0.1) is 12.4 Å². The van der Waals surface area contributed by atoms with E-state index in [4.69, 9.17) is 4.74 Å². The van der Waals surface area contributed by atoms with Crippen LogP contribution in [0.25, 0.3) is 0 Å².